The Hall–Kier alpha value is -1.84. The SMILES string of the molecule is CNC(=O)N=Cc1ccc(N(C)C)cc1. The third-order valence-corrected chi connectivity index (χ3v) is 1.95. The number of rotatable bonds is 2. The number of nitrogens with one attached hydrogen (secondary N) is 1. The molecule has 0 spiro atoms. The molecule has 0 atom stereocenters. The normalized spacial score (nSPS) is 10.3. The molecule has 0 aromatic heterocycles. The van der Waals surface area contributed by atoms with Gasteiger partial charge in [-0.25, -0.2) is 9.79 Å². The lowest BCUT2D eigenvalue weighted by Gasteiger charge is -2.11. The summed E-state index contributed by atoms with van der Waals surface area (Å²) >= 11 is 0. The summed E-state index contributed by atoms with van der Waals surface area (Å²) in [6.45, 7) is 0. The number of nitrogens with zero attached hydrogens (tertiary/aromatic N) is 2. The van der Waals surface area contributed by atoms with E-state index in [1.165, 1.54) is 6.21 Å². The zero-order chi connectivity index (χ0) is 11.3. The molecule has 1 aromatic rings. The first-order chi connectivity index (χ1) is 7.13. The van der Waals surface area contributed by atoms with Gasteiger partial charge in [-0.3, -0.25) is 0 Å². The maximum absolute atomic E-state index is 10.8. The van der Waals surface area contributed by atoms with E-state index in [0.29, 0.717) is 0 Å². The van der Waals surface area contributed by atoms with E-state index in [2.05, 4.69) is 10.3 Å². The lowest BCUT2D eigenvalue weighted by atomic mass is 10.2. The fourth-order valence-electron chi connectivity index (χ4n) is 1.06. The second-order valence-electron chi connectivity index (χ2n) is 3.30. The van der Waals surface area contributed by atoms with Crippen LogP contribution in [0.15, 0.2) is 29.3 Å². The fourth-order valence-corrected chi connectivity index (χ4v) is 1.06. The molecule has 4 heteroatoms. The minimum atomic E-state index is -0.341. The van der Waals surface area contributed by atoms with Crippen LogP contribution in [0.3, 0.4) is 0 Å². The highest BCUT2D eigenvalue weighted by molar-refractivity contribution is 5.91. The van der Waals surface area contributed by atoms with Crippen molar-refractivity contribution < 1.29 is 4.79 Å². The lowest BCUT2D eigenvalue weighted by molar-refractivity contribution is 0.251. The van der Waals surface area contributed by atoms with Crippen molar-refractivity contribution in [2.24, 2.45) is 4.99 Å². The maximum Gasteiger partial charge on any atom is 0.340 e. The summed E-state index contributed by atoms with van der Waals surface area (Å²) in [5.41, 5.74) is 2.02. The molecule has 0 aliphatic carbocycles. The Labute approximate surface area is 89.6 Å². The molecule has 1 rings (SSSR count). The van der Waals surface area contributed by atoms with Crippen molar-refractivity contribution in [1.82, 2.24) is 5.32 Å². The molecule has 0 radical (unpaired) electrons. The number of benzene rings is 1. The number of amides is 2. The van der Waals surface area contributed by atoms with E-state index in [0.717, 1.165) is 11.3 Å². The predicted octanol–water partition coefficient (Wildman–Crippen LogP) is 1.51. The van der Waals surface area contributed by atoms with Crippen LogP contribution < -0.4 is 10.2 Å². The van der Waals surface area contributed by atoms with Gasteiger partial charge in [-0.05, 0) is 17.7 Å². The number of hydrogen-bond donors (Lipinski definition) is 1. The van der Waals surface area contributed by atoms with E-state index < -0.39 is 0 Å². The summed E-state index contributed by atoms with van der Waals surface area (Å²) in [4.78, 5) is 16.6. The van der Waals surface area contributed by atoms with Crippen LogP contribution in [0.4, 0.5) is 10.5 Å². The monoisotopic (exact) mass is 205 g/mol. The van der Waals surface area contributed by atoms with Gasteiger partial charge in [0.1, 0.15) is 0 Å². The van der Waals surface area contributed by atoms with Crippen molar-refractivity contribution in [3.8, 4) is 0 Å². The zero-order valence-electron chi connectivity index (χ0n) is 9.19. The summed E-state index contributed by atoms with van der Waals surface area (Å²) in [7, 11) is 5.51. The Kier molecular flexibility index (Phi) is 3.85. The summed E-state index contributed by atoms with van der Waals surface area (Å²) in [5, 5.41) is 2.42. The quantitative estimate of drug-likeness (QED) is 0.744. The van der Waals surface area contributed by atoms with Gasteiger partial charge in [0.2, 0.25) is 0 Å². The number of aliphatic imine (C=N–C) groups is 1. The van der Waals surface area contributed by atoms with Crippen LogP contribution in [-0.4, -0.2) is 33.4 Å². The van der Waals surface area contributed by atoms with Gasteiger partial charge in [-0.1, -0.05) is 12.1 Å². The molecular formula is C11H15N3O. The molecule has 2 amide bonds. The van der Waals surface area contributed by atoms with E-state index in [4.69, 9.17) is 0 Å². The molecule has 0 aliphatic heterocycles. The van der Waals surface area contributed by atoms with E-state index in [-0.39, 0.29) is 6.03 Å². The molecule has 15 heavy (non-hydrogen) atoms. The van der Waals surface area contributed by atoms with Crippen molar-refractivity contribution in [3.63, 3.8) is 0 Å². The van der Waals surface area contributed by atoms with Crippen LogP contribution in [0.5, 0.6) is 0 Å². The van der Waals surface area contributed by atoms with Gasteiger partial charge >= 0.3 is 6.03 Å². The zero-order valence-corrected chi connectivity index (χ0v) is 9.19. The van der Waals surface area contributed by atoms with E-state index in [1.807, 2.05) is 43.3 Å². The Morgan fingerprint density at radius 1 is 1.33 bits per heavy atom. The Morgan fingerprint density at radius 3 is 2.40 bits per heavy atom. The van der Waals surface area contributed by atoms with Gasteiger partial charge in [0.25, 0.3) is 0 Å². The van der Waals surface area contributed by atoms with E-state index in [1.54, 1.807) is 7.05 Å². The fraction of sp³-hybridized carbons (Fsp3) is 0.273. The average molecular weight is 205 g/mol. The molecule has 0 saturated heterocycles. The minimum Gasteiger partial charge on any atom is -0.378 e. The molecule has 4 nitrogen and oxygen atoms in total. The topological polar surface area (TPSA) is 44.7 Å². The summed E-state index contributed by atoms with van der Waals surface area (Å²) in [6.07, 6.45) is 1.54. The van der Waals surface area contributed by atoms with Crippen LogP contribution in [0.1, 0.15) is 5.56 Å². The third-order valence-electron chi connectivity index (χ3n) is 1.95. The molecule has 1 N–H and O–H groups in total. The van der Waals surface area contributed by atoms with Gasteiger partial charge in [0, 0.05) is 33.0 Å². The molecule has 0 fully saturated rings. The second-order valence-corrected chi connectivity index (χ2v) is 3.30. The van der Waals surface area contributed by atoms with E-state index >= 15 is 0 Å². The Bertz CT molecular complexity index is 355. The minimum absolute atomic E-state index is 0.341. The highest BCUT2D eigenvalue weighted by atomic mass is 16.2. The highest BCUT2D eigenvalue weighted by Gasteiger charge is 1.94. The Balaban J connectivity index is 2.72. The molecule has 0 heterocycles. The summed E-state index contributed by atoms with van der Waals surface area (Å²) in [5.74, 6) is 0. The van der Waals surface area contributed by atoms with Crippen molar-refractivity contribution >= 4 is 17.9 Å². The van der Waals surface area contributed by atoms with E-state index in [9.17, 15) is 4.79 Å². The number of carbonyl (C=O) groups is 1. The summed E-state index contributed by atoms with van der Waals surface area (Å²) < 4.78 is 0. The molecule has 1 aromatic carbocycles. The van der Waals surface area contributed by atoms with Gasteiger partial charge in [0.05, 0.1) is 0 Å². The lowest BCUT2D eigenvalue weighted by Crippen LogP contribution is -2.12. The molecule has 80 valence electrons. The number of urea groups is 1. The largest absolute Gasteiger partial charge is 0.378 e. The van der Waals surface area contributed by atoms with Crippen LogP contribution in [0.25, 0.3) is 0 Å². The molecule has 0 saturated carbocycles. The number of carbonyl (C=O) groups excluding carboxylic acids is 1. The molecular weight excluding hydrogens is 190 g/mol. The van der Waals surface area contributed by atoms with Crippen LogP contribution in [0.2, 0.25) is 0 Å². The van der Waals surface area contributed by atoms with Crippen molar-refractivity contribution in [2.45, 2.75) is 0 Å². The second kappa shape index (κ2) is 5.14. The summed E-state index contributed by atoms with van der Waals surface area (Å²) in [6, 6.07) is 7.45. The first-order valence-electron chi connectivity index (χ1n) is 4.66. The van der Waals surface area contributed by atoms with Crippen LogP contribution in [0, 0.1) is 0 Å². The Morgan fingerprint density at radius 2 is 1.93 bits per heavy atom. The van der Waals surface area contributed by atoms with Gasteiger partial charge < -0.3 is 10.2 Å². The first kappa shape index (κ1) is 11.2. The number of anilines is 1. The standard InChI is InChI=1S/C11H15N3O/c1-12-11(15)13-8-9-4-6-10(7-5-9)14(2)3/h4-8H,1-3H3,(H,12,15). The highest BCUT2D eigenvalue weighted by Crippen LogP contribution is 2.10. The molecule has 0 bridgehead atoms. The molecule has 0 aliphatic rings. The smallest absolute Gasteiger partial charge is 0.340 e. The van der Waals surface area contributed by atoms with Crippen molar-refractivity contribution in [2.75, 3.05) is 26.0 Å². The average Bonchev–Trinajstić information content (AvgIpc) is 2.26. The van der Waals surface area contributed by atoms with Crippen molar-refractivity contribution in [3.05, 3.63) is 29.8 Å². The van der Waals surface area contributed by atoms with Crippen molar-refractivity contribution in [1.29, 1.82) is 0 Å². The van der Waals surface area contributed by atoms with Gasteiger partial charge in [-0.15, -0.1) is 0 Å². The third kappa shape index (κ3) is 3.42. The van der Waals surface area contributed by atoms with Crippen LogP contribution in [-0.2, 0) is 0 Å². The van der Waals surface area contributed by atoms with Gasteiger partial charge in [-0.2, -0.15) is 0 Å². The predicted molar refractivity (Wildman–Crippen MR) is 62.8 cm³/mol. The van der Waals surface area contributed by atoms with Crippen LogP contribution >= 0.6 is 0 Å². The van der Waals surface area contributed by atoms with Gasteiger partial charge in [0.15, 0.2) is 0 Å². The maximum atomic E-state index is 10.8. The molecule has 0 unspecified atom stereocenters. The number of hydrogen-bond acceptors (Lipinski definition) is 2. The first-order valence-corrected chi connectivity index (χ1v) is 4.66.